The van der Waals surface area contributed by atoms with Crippen LogP contribution < -0.4 is 0 Å². The summed E-state index contributed by atoms with van der Waals surface area (Å²) < 4.78 is 2.02. The summed E-state index contributed by atoms with van der Waals surface area (Å²) in [6.07, 6.45) is 4.84. The Labute approximate surface area is 161 Å². The van der Waals surface area contributed by atoms with Crippen molar-refractivity contribution in [1.29, 1.82) is 0 Å². The number of pyridine rings is 1. The molecule has 0 spiro atoms. The van der Waals surface area contributed by atoms with Gasteiger partial charge in [-0.1, -0.05) is 12.1 Å². The maximum atomic E-state index is 13.1. The molecular weight excluding hydrogens is 358 g/mol. The maximum Gasteiger partial charge on any atom is 0.305 e. The highest BCUT2D eigenvalue weighted by Gasteiger charge is 2.36. The number of benzene rings is 1. The number of carbonyl (C=O) groups is 2. The number of hydrogen-bond acceptors (Lipinski definition) is 5. The minimum Gasteiger partial charge on any atom is -0.784 e. The Morgan fingerprint density at radius 2 is 2.07 bits per heavy atom. The Kier molecular flexibility index (Phi) is 4.49. The van der Waals surface area contributed by atoms with Crippen molar-refractivity contribution in [2.24, 2.45) is 7.05 Å². The van der Waals surface area contributed by atoms with Crippen LogP contribution in [0.4, 0.5) is 0 Å². The van der Waals surface area contributed by atoms with Crippen LogP contribution in [-0.2, 0) is 18.3 Å². The summed E-state index contributed by atoms with van der Waals surface area (Å²) in [5.74, 6) is -1.66. The number of carbonyl (C=O) groups excluding carboxylic acids is 1. The first-order valence-corrected chi connectivity index (χ1v) is 9.07. The van der Waals surface area contributed by atoms with E-state index in [1.54, 1.807) is 12.3 Å². The minimum atomic E-state index is -1.24. The molecule has 0 fully saturated rings. The van der Waals surface area contributed by atoms with Gasteiger partial charge in [0, 0.05) is 48.1 Å². The molecule has 7 heteroatoms. The highest BCUT2D eigenvalue weighted by atomic mass is 16.5. The number of fused-ring (bicyclic) bond motifs is 2. The first-order valence-electron chi connectivity index (χ1n) is 9.07. The second kappa shape index (κ2) is 6.85. The molecule has 3 aromatic rings. The second-order valence-electron chi connectivity index (χ2n) is 7.25. The van der Waals surface area contributed by atoms with E-state index < -0.39 is 30.3 Å². The number of aryl methyl sites for hydroxylation is 2. The monoisotopic (exact) mass is 378 g/mol. The van der Waals surface area contributed by atoms with Crippen molar-refractivity contribution in [3.05, 3.63) is 70.3 Å². The van der Waals surface area contributed by atoms with Gasteiger partial charge in [-0.25, -0.2) is 0 Å². The molecule has 1 aromatic carbocycles. The highest BCUT2D eigenvalue weighted by molar-refractivity contribution is 6.04. The second-order valence-corrected chi connectivity index (χ2v) is 7.25. The Morgan fingerprint density at radius 3 is 2.82 bits per heavy atom. The molecule has 0 saturated carbocycles. The van der Waals surface area contributed by atoms with Crippen LogP contribution in [-0.4, -0.2) is 37.5 Å². The van der Waals surface area contributed by atoms with Gasteiger partial charge in [0.25, 0.3) is 0 Å². The van der Waals surface area contributed by atoms with Crippen LogP contribution in [0.25, 0.3) is 10.9 Å². The number of rotatable bonds is 4. The van der Waals surface area contributed by atoms with Crippen LogP contribution in [0, 0.1) is 12.1 Å². The van der Waals surface area contributed by atoms with Crippen molar-refractivity contribution in [2.45, 2.75) is 31.8 Å². The largest absolute Gasteiger partial charge is 0.784 e. The SMILES string of the molecule is Cc1cccc2c1c(CC1c3ccncc3C(=O)C(CC(=O)O)N1[O-])cn2C. The average molecular weight is 378 g/mol. The summed E-state index contributed by atoms with van der Waals surface area (Å²) in [7, 11) is 1.95. The lowest BCUT2D eigenvalue weighted by molar-refractivity contribution is -0.138. The number of nitrogens with zero attached hydrogens (tertiary/aromatic N) is 3. The normalized spacial score (nSPS) is 19.8. The van der Waals surface area contributed by atoms with Crippen molar-refractivity contribution in [3.8, 4) is 0 Å². The van der Waals surface area contributed by atoms with E-state index in [-0.39, 0.29) is 0 Å². The average Bonchev–Trinajstić information content (AvgIpc) is 2.99. The number of Topliss-reactive ketones (excluding diaryl/α,β-unsaturated/α-hetero) is 1. The molecule has 28 heavy (non-hydrogen) atoms. The Bertz CT molecular complexity index is 1090. The van der Waals surface area contributed by atoms with Gasteiger partial charge in [0.05, 0.1) is 12.5 Å². The minimum absolute atomic E-state index is 0.336. The first kappa shape index (κ1) is 18.3. The molecule has 0 aliphatic carbocycles. The molecule has 7 nitrogen and oxygen atoms in total. The summed E-state index contributed by atoms with van der Waals surface area (Å²) in [6.45, 7) is 2.02. The van der Waals surface area contributed by atoms with Crippen molar-refractivity contribution in [1.82, 2.24) is 14.6 Å². The molecule has 0 radical (unpaired) electrons. The first-order chi connectivity index (χ1) is 13.4. The Balaban J connectivity index is 1.81. The van der Waals surface area contributed by atoms with Crippen LogP contribution >= 0.6 is 0 Å². The standard InChI is InChI=1S/C21H20N3O4/c1-12-4-3-5-16-20(12)13(11-23(16)2)8-17-14-6-7-22-10-15(14)21(27)18(24(17)28)9-19(25)26/h3-7,10-11,17-18H,8-9H2,1-2H3,(H,25,26)/q-1. The van der Waals surface area contributed by atoms with E-state index in [4.69, 9.17) is 5.11 Å². The van der Waals surface area contributed by atoms with Crippen LogP contribution in [0.15, 0.2) is 42.9 Å². The number of aliphatic carboxylic acids is 1. The number of hydrogen-bond donors (Lipinski definition) is 1. The molecule has 1 aliphatic rings. The van der Waals surface area contributed by atoms with Crippen LogP contribution in [0.2, 0.25) is 0 Å². The van der Waals surface area contributed by atoms with Gasteiger partial charge in [-0.15, -0.1) is 0 Å². The maximum absolute atomic E-state index is 13.1. The molecule has 0 amide bonds. The zero-order valence-electron chi connectivity index (χ0n) is 15.6. The van der Waals surface area contributed by atoms with Crippen molar-refractivity contribution >= 4 is 22.7 Å². The summed E-state index contributed by atoms with van der Waals surface area (Å²) in [4.78, 5) is 27.9. The van der Waals surface area contributed by atoms with Crippen molar-refractivity contribution in [2.75, 3.05) is 0 Å². The van der Waals surface area contributed by atoms with Gasteiger partial charge in [-0.05, 0) is 42.2 Å². The van der Waals surface area contributed by atoms with Crippen LogP contribution in [0.1, 0.15) is 39.5 Å². The molecule has 1 aliphatic heterocycles. The highest BCUT2D eigenvalue weighted by Crippen LogP contribution is 2.37. The predicted molar refractivity (Wildman–Crippen MR) is 104 cm³/mol. The van der Waals surface area contributed by atoms with Gasteiger partial charge in [0.1, 0.15) is 0 Å². The smallest absolute Gasteiger partial charge is 0.305 e. The molecule has 0 saturated heterocycles. The molecular formula is C21H20N3O4-. The Hall–Kier alpha value is -3.03. The number of hydroxylamine groups is 2. The third-order valence-corrected chi connectivity index (χ3v) is 5.48. The summed E-state index contributed by atoms with van der Waals surface area (Å²) in [6, 6.07) is 5.83. The number of ketones is 1. The van der Waals surface area contributed by atoms with E-state index in [1.807, 2.05) is 42.9 Å². The van der Waals surface area contributed by atoms with E-state index >= 15 is 0 Å². The lowest BCUT2D eigenvalue weighted by Gasteiger charge is -2.46. The van der Waals surface area contributed by atoms with Gasteiger partial charge in [0.15, 0.2) is 5.78 Å². The zero-order chi connectivity index (χ0) is 20.0. The van der Waals surface area contributed by atoms with Gasteiger partial charge in [0.2, 0.25) is 0 Å². The van der Waals surface area contributed by atoms with Gasteiger partial charge >= 0.3 is 5.97 Å². The molecule has 2 aromatic heterocycles. The third kappa shape index (κ3) is 2.89. The number of aromatic nitrogens is 2. The summed E-state index contributed by atoms with van der Waals surface area (Å²) in [5.41, 5.74) is 4.10. The Morgan fingerprint density at radius 1 is 1.29 bits per heavy atom. The van der Waals surface area contributed by atoms with E-state index in [1.165, 1.54) is 6.20 Å². The molecule has 144 valence electrons. The quantitative estimate of drug-likeness (QED) is 0.749. The topological polar surface area (TPSA) is 98.5 Å². The fourth-order valence-electron chi connectivity index (χ4n) is 4.19. The molecule has 3 heterocycles. The van der Waals surface area contributed by atoms with Crippen LogP contribution in [0.5, 0.6) is 0 Å². The van der Waals surface area contributed by atoms with Gasteiger partial charge in [-0.2, -0.15) is 0 Å². The fraction of sp³-hybridized carbons (Fsp3) is 0.286. The van der Waals surface area contributed by atoms with Crippen LogP contribution in [0.3, 0.4) is 0 Å². The summed E-state index contributed by atoms with van der Waals surface area (Å²) >= 11 is 0. The van der Waals surface area contributed by atoms with E-state index in [0.717, 1.165) is 22.0 Å². The zero-order valence-corrected chi connectivity index (χ0v) is 15.6. The summed E-state index contributed by atoms with van der Waals surface area (Å²) in [5, 5.41) is 24.0. The van der Waals surface area contributed by atoms with E-state index in [2.05, 4.69) is 4.98 Å². The van der Waals surface area contributed by atoms with Gasteiger partial charge < -0.3 is 19.9 Å². The fourth-order valence-corrected chi connectivity index (χ4v) is 4.19. The molecule has 2 unspecified atom stereocenters. The lowest BCUT2D eigenvalue weighted by atomic mass is 9.85. The molecule has 4 rings (SSSR count). The van der Waals surface area contributed by atoms with Gasteiger partial charge in [-0.3, -0.25) is 14.6 Å². The number of carboxylic acids is 1. The van der Waals surface area contributed by atoms with Crippen molar-refractivity contribution in [3.63, 3.8) is 0 Å². The third-order valence-electron chi connectivity index (χ3n) is 5.48. The van der Waals surface area contributed by atoms with E-state index in [9.17, 15) is 14.8 Å². The van der Waals surface area contributed by atoms with Crippen molar-refractivity contribution < 1.29 is 14.7 Å². The molecule has 2 atom stereocenters. The predicted octanol–water partition coefficient (Wildman–Crippen LogP) is 3.00. The molecule has 0 bridgehead atoms. The molecule has 1 N–H and O–H groups in total. The number of carboxylic acid groups (broad SMARTS) is 1. The van der Waals surface area contributed by atoms with E-state index in [0.29, 0.717) is 22.6 Å². The lowest BCUT2D eigenvalue weighted by Crippen LogP contribution is -2.46.